The summed E-state index contributed by atoms with van der Waals surface area (Å²) < 4.78 is 0. The summed E-state index contributed by atoms with van der Waals surface area (Å²) in [5.74, 6) is -1.68. The minimum atomic E-state index is -0.425. The number of imide groups is 1. The molecule has 180 valence electrons. The molecule has 0 radical (unpaired) electrons. The number of hydrogen-bond acceptors (Lipinski definition) is 3. The Hall–Kier alpha value is -4.51. The number of aryl methyl sites for hydroxylation is 1. The van der Waals surface area contributed by atoms with Crippen LogP contribution in [0.2, 0.25) is 0 Å². The van der Waals surface area contributed by atoms with Crippen LogP contribution >= 0.6 is 0 Å². The lowest BCUT2D eigenvalue weighted by molar-refractivity contribution is -0.122. The molecule has 1 aliphatic heterocycles. The van der Waals surface area contributed by atoms with Crippen LogP contribution in [0, 0.1) is 18.8 Å². The Morgan fingerprint density at radius 3 is 1.59 bits per heavy atom. The maximum atomic E-state index is 13.9. The van der Waals surface area contributed by atoms with E-state index in [1.54, 1.807) is 24.3 Å². The molecule has 5 nitrogen and oxygen atoms in total. The summed E-state index contributed by atoms with van der Waals surface area (Å²) in [6.07, 6.45) is 0. The SMILES string of the molecule is Cc1ccccc1NC(=O)c1ccc(N2C(=O)[C@@H]3C4c5ccccc5C(c5ccccc54)[C@H]3C2=O)cc1. The molecule has 0 saturated carbocycles. The lowest BCUT2D eigenvalue weighted by Gasteiger charge is -2.45. The molecule has 4 aliphatic rings. The summed E-state index contributed by atoms with van der Waals surface area (Å²) in [4.78, 5) is 41.9. The first-order chi connectivity index (χ1) is 18.0. The Kier molecular flexibility index (Phi) is 4.70. The summed E-state index contributed by atoms with van der Waals surface area (Å²) in [7, 11) is 0. The smallest absolute Gasteiger partial charge is 0.255 e. The van der Waals surface area contributed by atoms with Crippen molar-refractivity contribution >= 4 is 29.1 Å². The van der Waals surface area contributed by atoms with Gasteiger partial charge in [0, 0.05) is 23.1 Å². The lowest BCUT2D eigenvalue weighted by atomic mass is 9.55. The first-order valence-corrected chi connectivity index (χ1v) is 12.6. The van der Waals surface area contributed by atoms with Crippen LogP contribution in [-0.2, 0) is 9.59 Å². The molecular weight excluding hydrogens is 460 g/mol. The molecule has 3 aliphatic carbocycles. The van der Waals surface area contributed by atoms with Crippen LogP contribution in [0.25, 0.3) is 0 Å². The van der Waals surface area contributed by atoms with E-state index >= 15 is 0 Å². The Labute approximate surface area is 214 Å². The van der Waals surface area contributed by atoms with Crippen LogP contribution in [0.5, 0.6) is 0 Å². The molecule has 0 aromatic heterocycles. The van der Waals surface area contributed by atoms with Crippen LogP contribution < -0.4 is 10.2 Å². The Morgan fingerprint density at radius 1 is 0.649 bits per heavy atom. The maximum absolute atomic E-state index is 13.9. The number of rotatable bonds is 3. The molecule has 1 N–H and O–H groups in total. The van der Waals surface area contributed by atoms with Gasteiger partial charge in [-0.2, -0.15) is 0 Å². The standard InChI is InChI=1S/C32H24N2O3/c1-18-8-2-7-13-25(18)33-30(35)19-14-16-20(17-15-19)34-31(36)28-26-21-9-3-4-10-22(21)27(29(28)32(34)37)24-12-6-5-11-23(24)26/h2-17,26-29H,1H3,(H,33,35)/t26?,27?,28-,29-/m1/s1. The predicted octanol–water partition coefficient (Wildman–Crippen LogP) is 5.64. The largest absolute Gasteiger partial charge is 0.322 e. The monoisotopic (exact) mass is 484 g/mol. The highest BCUT2D eigenvalue weighted by Gasteiger charge is 2.61. The minimum Gasteiger partial charge on any atom is -0.322 e. The summed E-state index contributed by atoms with van der Waals surface area (Å²) in [6, 6.07) is 30.8. The number of nitrogens with zero attached hydrogens (tertiary/aromatic N) is 1. The number of amides is 3. The zero-order valence-electron chi connectivity index (χ0n) is 20.2. The number of nitrogens with one attached hydrogen (secondary N) is 1. The molecule has 4 aromatic carbocycles. The van der Waals surface area contributed by atoms with Gasteiger partial charge >= 0.3 is 0 Å². The van der Waals surface area contributed by atoms with E-state index in [2.05, 4.69) is 29.6 Å². The molecule has 2 atom stereocenters. The molecule has 0 spiro atoms. The zero-order chi connectivity index (χ0) is 25.3. The van der Waals surface area contributed by atoms with Crippen molar-refractivity contribution in [1.82, 2.24) is 0 Å². The van der Waals surface area contributed by atoms with Crippen LogP contribution in [0.15, 0.2) is 97.1 Å². The van der Waals surface area contributed by atoms with Crippen molar-refractivity contribution in [2.24, 2.45) is 11.8 Å². The van der Waals surface area contributed by atoms with Gasteiger partial charge in [0.25, 0.3) is 5.91 Å². The Morgan fingerprint density at radius 2 is 1.11 bits per heavy atom. The van der Waals surface area contributed by atoms with E-state index in [0.29, 0.717) is 11.3 Å². The molecular formula is C32H24N2O3. The second kappa shape index (κ2) is 8.00. The van der Waals surface area contributed by atoms with Gasteiger partial charge in [-0.1, -0.05) is 66.7 Å². The predicted molar refractivity (Wildman–Crippen MR) is 142 cm³/mol. The quantitative estimate of drug-likeness (QED) is 0.383. The van der Waals surface area contributed by atoms with Crippen molar-refractivity contribution in [3.63, 3.8) is 0 Å². The van der Waals surface area contributed by atoms with Crippen molar-refractivity contribution in [2.75, 3.05) is 10.2 Å². The highest BCUT2D eigenvalue weighted by atomic mass is 16.2. The normalized spacial score (nSPS) is 22.9. The van der Waals surface area contributed by atoms with Crippen LogP contribution in [0.1, 0.15) is 50.0 Å². The molecule has 0 unspecified atom stereocenters. The number of anilines is 2. The fourth-order valence-corrected chi connectivity index (χ4v) is 6.60. The van der Waals surface area contributed by atoms with E-state index < -0.39 is 11.8 Å². The van der Waals surface area contributed by atoms with Gasteiger partial charge in [-0.3, -0.25) is 14.4 Å². The van der Waals surface area contributed by atoms with E-state index in [0.717, 1.165) is 33.5 Å². The first-order valence-electron chi connectivity index (χ1n) is 12.6. The summed E-state index contributed by atoms with van der Waals surface area (Å²) >= 11 is 0. The summed E-state index contributed by atoms with van der Waals surface area (Å²) in [5, 5.41) is 2.93. The number of benzene rings is 4. The third-order valence-corrected chi connectivity index (χ3v) is 8.23. The van der Waals surface area contributed by atoms with Gasteiger partial charge in [-0.25, -0.2) is 4.90 Å². The van der Waals surface area contributed by atoms with Crippen molar-refractivity contribution in [2.45, 2.75) is 18.8 Å². The molecule has 4 aromatic rings. The van der Waals surface area contributed by atoms with Crippen molar-refractivity contribution in [1.29, 1.82) is 0 Å². The lowest BCUT2D eigenvalue weighted by Crippen LogP contribution is -2.41. The van der Waals surface area contributed by atoms with Crippen molar-refractivity contribution < 1.29 is 14.4 Å². The van der Waals surface area contributed by atoms with E-state index in [4.69, 9.17) is 0 Å². The average molecular weight is 485 g/mol. The molecule has 5 heteroatoms. The molecule has 2 bridgehead atoms. The molecule has 37 heavy (non-hydrogen) atoms. The fourth-order valence-electron chi connectivity index (χ4n) is 6.60. The topological polar surface area (TPSA) is 66.5 Å². The van der Waals surface area contributed by atoms with Gasteiger partial charge in [0.2, 0.25) is 11.8 Å². The minimum absolute atomic E-state index is 0.136. The second-order valence-electron chi connectivity index (χ2n) is 10.1. The molecule has 1 heterocycles. The first kappa shape index (κ1) is 21.7. The Bertz CT molecular complexity index is 1490. The van der Waals surface area contributed by atoms with Crippen LogP contribution in [0.4, 0.5) is 11.4 Å². The molecule has 8 rings (SSSR count). The third kappa shape index (κ3) is 3.07. The van der Waals surface area contributed by atoms with E-state index in [9.17, 15) is 14.4 Å². The highest BCUT2D eigenvalue weighted by Crippen LogP contribution is 2.61. The number of hydrogen-bond donors (Lipinski definition) is 1. The second-order valence-corrected chi connectivity index (χ2v) is 10.1. The van der Waals surface area contributed by atoms with E-state index in [-0.39, 0.29) is 29.6 Å². The molecule has 1 fully saturated rings. The van der Waals surface area contributed by atoms with Gasteiger partial charge in [0.1, 0.15) is 0 Å². The third-order valence-electron chi connectivity index (χ3n) is 8.23. The number of para-hydroxylation sites is 1. The van der Waals surface area contributed by atoms with Crippen molar-refractivity contribution in [3.8, 4) is 0 Å². The summed E-state index contributed by atoms with van der Waals surface area (Å²) in [6.45, 7) is 1.94. The summed E-state index contributed by atoms with van der Waals surface area (Å²) in [5.41, 5.74) is 7.29. The number of carbonyl (C=O) groups is 3. The Balaban J connectivity index is 1.23. The van der Waals surface area contributed by atoms with Gasteiger partial charge in [-0.15, -0.1) is 0 Å². The van der Waals surface area contributed by atoms with E-state index in [1.165, 1.54) is 4.90 Å². The zero-order valence-corrected chi connectivity index (χ0v) is 20.2. The molecule has 1 saturated heterocycles. The highest BCUT2D eigenvalue weighted by molar-refractivity contribution is 6.23. The van der Waals surface area contributed by atoms with Crippen LogP contribution in [0.3, 0.4) is 0 Å². The van der Waals surface area contributed by atoms with Crippen LogP contribution in [-0.4, -0.2) is 17.7 Å². The van der Waals surface area contributed by atoms with Gasteiger partial charge in [0.15, 0.2) is 0 Å². The van der Waals surface area contributed by atoms with Crippen molar-refractivity contribution in [3.05, 3.63) is 130 Å². The van der Waals surface area contributed by atoms with E-state index in [1.807, 2.05) is 55.5 Å². The fraction of sp³-hybridized carbons (Fsp3) is 0.156. The molecule has 3 amide bonds. The van der Waals surface area contributed by atoms with Gasteiger partial charge < -0.3 is 5.32 Å². The number of carbonyl (C=O) groups excluding carboxylic acids is 3. The van der Waals surface area contributed by atoms with Gasteiger partial charge in [-0.05, 0) is 65.1 Å². The average Bonchev–Trinajstić information content (AvgIpc) is 3.20. The maximum Gasteiger partial charge on any atom is 0.255 e. The van der Waals surface area contributed by atoms with Gasteiger partial charge in [0.05, 0.1) is 17.5 Å².